The van der Waals surface area contributed by atoms with Crippen molar-refractivity contribution in [3.63, 3.8) is 0 Å². The second-order valence-electron chi connectivity index (χ2n) is 9.02. The van der Waals surface area contributed by atoms with Gasteiger partial charge in [-0.25, -0.2) is 19.2 Å². The fourth-order valence-electron chi connectivity index (χ4n) is 4.58. The fourth-order valence-corrected chi connectivity index (χ4v) is 4.88. The van der Waals surface area contributed by atoms with Crippen molar-refractivity contribution in [2.75, 3.05) is 31.7 Å². The molecule has 0 spiro atoms. The van der Waals surface area contributed by atoms with E-state index in [4.69, 9.17) is 32.7 Å². The van der Waals surface area contributed by atoms with Gasteiger partial charge in [-0.2, -0.15) is 4.98 Å². The monoisotopic (exact) mass is 471 g/mol. The molecule has 2 saturated heterocycles. The number of methoxy groups -OCH3 is 1. The van der Waals surface area contributed by atoms with Gasteiger partial charge in [0, 0.05) is 26.4 Å². The summed E-state index contributed by atoms with van der Waals surface area (Å²) in [5, 5.41) is 0.0363. The Labute approximate surface area is 189 Å². The zero-order valence-electron chi connectivity index (χ0n) is 17.8. The zero-order valence-corrected chi connectivity index (χ0v) is 19.3. The van der Waals surface area contributed by atoms with Gasteiger partial charge in [-0.1, -0.05) is 11.6 Å². The topological polar surface area (TPSA) is 80.7 Å². The van der Waals surface area contributed by atoms with Gasteiger partial charge in [0.15, 0.2) is 11.0 Å². The number of hydrogen-bond acceptors (Lipinski definition) is 7. The number of anilines is 1. The van der Waals surface area contributed by atoms with E-state index in [1.165, 1.54) is 6.20 Å². The number of nitrogens with zero attached hydrogens (tertiary/aromatic N) is 5. The van der Waals surface area contributed by atoms with Gasteiger partial charge in [-0.3, -0.25) is 4.90 Å². The van der Waals surface area contributed by atoms with Crippen LogP contribution in [0.3, 0.4) is 0 Å². The van der Waals surface area contributed by atoms with E-state index in [0.717, 1.165) is 12.8 Å². The molecule has 2 unspecified atom stereocenters. The van der Waals surface area contributed by atoms with Crippen molar-refractivity contribution in [1.82, 2.24) is 19.9 Å². The summed E-state index contributed by atoms with van der Waals surface area (Å²) in [4.78, 5) is 29.1. The predicted octanol–water partition coefficient (Wildman–Crippen LogP) is 4.08. The number of pyridine rings is 1. The molecule has 168 valence electrons. The first-order valence-electron chi connectivity index (χ1n) is 9.98. The molecule has 0 aliphatic carbocycles. The summed E-state index contributed by atoms with van der Waals surface area (Å²) in [5.74, 6) is -0.291. The minimum atomic E-state index is -0.744. The molecular formula is C20H24Cl2FN5O3. The molecule has 11 heteroatoms. The van der Waals surface area contributed by atoms with Crippen LogP contribution in [-0.4, -0.2) is 69.9 Å². The molecule has 2 atom stereocenters. The Bertz CT molecular complexity index is 1030. The number of aromatic nitrogens is 3. The van der Waals surface area contributed by atoms with E-state index in [-0.39, 0.29) is 28.1 Å². The number of hydrogen-bond donors (Lipinski definition) is 0. The Hall–Kier alpha value is -1.97. The fraction of sp³-hybridized carbons (Fsp3) is 0.600. The van der Waals surface area contributed by atoms with E-state index in [1.807, 2.05) is 25.7 Å². The van der Waals surface area contributed by atoms with E-state index in [1.54, 1.807) is 12.0 Å². The largest absolute Gasteiger partial charge is 0.444 e. The van der Waals surface area contributed by atoms with Crippen molar-refractivity contribution < 1.29 is 18.7 Å². The summed E-state index contributed by atoms with van der Waals surface area (Å²) >= 11 is 11.9. The molecule has 2 fully saturated rings. The van der Waals surface area contributed by atoms with Crippen LogP contribution in [0.5, 0.6) is 0 Å². The van der Waals surface area contributed by atoms with Crippen molar-refractivity contribution in [3.05, 3.63) is 22.5 Å². The van der Waals surface area contributed by atoms with E-state index >= 15 is 0 Å². The first-order valence-corrected chi connectivity index (χ1v) is 10.7. The standard InChI is InChI=1S/C20H24Cl2FN5O3/c1-19(2,3)31-18(29)28-11-5-6-20(28,10-30-4)9-27(8-11)16-12-7-24-15(21)13(23)14(12)25-17(22)26-16/h7,11H,5-6,8-10H2,1-4H3. The lowest BCUT2D eigenvalue weighted by Gasteiger charge is -2.49. The smallest absolute Gasteiger partial charge is 0.411 e. The third-order valence-electron chi connectivity index (χ3n) is 5.63. The average molecular weight is 472 g/mol. The second kappa shape index (κ2) is 7.86. The first kappa shape index (κ1) is 22.2. The molecule has 31 heavy (non-hydrogen) atoms. The minimum absolute atomic E-state index is 0.0118. The van der Waals surface area contributed by atoms with Crippen molar-refractivity contribution in [2.45, 2.75) is 50.8 Å². The lowest BCUT2D eigenvalue weighted by Crippen LogP contribution is -2.66. The van der Waals surface area contributed by atoms with E-state index < -0.39 is 17.0 Å². The Morgan fingerprint density at radius 2 is 2.10 bits per heavy atom. The maximum absolute atomic E-state index is 14.6. The predicted molar refractivity (Wildman–Crippen MR) is 115 cm³/mol. The summed E-state index contributed by atoms with van der Waals surface area (Å²) in [6.07, 6.45) is 2.61. The molecule has 2 bridgehead atoms. The summed E-state index contributed by atoms with van der Waals surface area (Å²) in [7, 11) is 1.60. The molecule has 0 aromatic carbocycles. The molecule has 4 heterocycles. The zero-order chi connectivity index (χ0) is 22.6. The molecule has 2 aromatic rings. The summed E-state index contributed by atoms with van der Waals surface area (Å²) in [5.41, 5.74) is -1.21. The number of piperazine rings is 1. The molecule has 2 aliphatic rings. The number of fused-ring (bicyclic) bond motifs is 3. The molecule has 0 saturated carbocycles. The van der Waals surface area contributed by atoms with Gasteiger partial charge in [-0.05, 0) is 45.2 Å². The Kier molecular flexibility index (Phi) is 5.64. The van der Waals surface area contributed by atoms with Crippen LogP contribution in [0.1, 0.15) is 33.6 Å². The number of ether oxygens (including phenoxy) is 2. The van der Waals surface area contributed by atoms with Gasteiger partial charge in [-0.15, -0.1) is 0 Å². The van der Waals surface area contributed by atoms with Crippen molar-refractivity contribution in [3.8, 4) is 0 Å². The maximum Gasteiger partial charge on any atom is 0.411 e. The van der Waals surface area contributed by atoms with Gasteiger partial charge < -0.3 is 14.4 Å². The van der Waals surface area contributed by atoms with Crippen LogP contribution in [0.25, 0.3) is 10.9 Å². The Balaban J connectivity index is 1.75. The van der Waals surface area contributed by atoms with Gasteiger partial charge >= 0.3 is 6.09 Å². The van der Waals surface area contributed by atoms with Crippen LogP contribution < -0.4 is 4.90 Å². The summed E-state index contributed by atoms with van der Waals surface area (Å²) < 4.78 is 25.8. The normalized spacial score (nSPS) is 23.5. The highest BCUT2D eigenvalue weighted by molar-refractivity contribution is 6.30. The molecule has 2 aromatic heterocycles. The number of halogens is 3. The Morgan fingerprint density at radius 3 is 2.77 bits per heavy atom. The van der Waals surface area contributed by atoms with E-state index in [2.05, 4.69) is 15.0 Å². The number of rotatable bonds is 3. The highest BCUT2D eigenvalue weighted by atomic mass is 35.5. The van der Waals surface area contributed by atoms with Crippen LogP contribution >= 0.6 is 23.2 Å². The van der Waals surface area contributed by atoms with Crippen LogP contribution in [0, 0.1) is 5.82 Å². The number of carbonyl (C=O) groups excluding carboxylic acids is 1. The van der Waals surface area contributed by atoms with Crippen LogP contribution in [0.15, 0.2) is 6.20 Å². The second-order valence-corrected chi connectivity index (χ2v) is 9.72. The minimum Gasteiger partial charge on any atom is -0.444 e. The molecule has 1 amide bonds. The highest BCUT2D eigenvalue weighted by Gasteiger charge is 2.55. The van der Waals surface area contributed by atoms with Gasteiger partial charge in [0.1, 0.15) is 16.9 Å². The third kappa shape index (κ3) is 3.99. The van der Waals surface area contributed by atoms with Crippen LogP contribution in [-0.2, 0) is 9.47 Å². The van der Waals surface area contributed by atoms with Crippen molar-refractivity contribution in [2.24, 2.45) is 0 Å². The summed E-state index contributed by atoms with van der Waals surface area (Å²) in [6.45, 7) is 6.75. The molecule has 0 radical (unpaired) electrons. The van der Waals surface area contributed by atoms with E-state index in [0.29, 0.717) is 30.9 Å². The quantitative estimate of drug-likeness (QED) is 0.492. The molecule has 8 nitrogen and oxygen atoms in total. The van der Waals surface area contributed by atoms with Gasteiger partial charge in [0.25, 0.3) is 0 Å². The molecule has 0 N–H and O–H groups in total. The van der Waals surface area contributed by atoms with Crippen molar-refractivity contribution in [1.29, 1.82) is 0 Å². The first-order chi connectivity index (χ1) is 14.5. The van der Waals surface area contributed by atoms with Gasteiger partial charge in [0.2, 0.25) is 5.28 Å². The molecule has 2 aliphatic heterocycles. The Morgan fingerprint density at radius 1 is 1.35 bits per heavy atom. The SMILES string of the molecule is COCC12CCC(CN(c3nc(Cl)nc4c(F)c(Cl)ncc34)C1)N2C(=O)OC(C)(C)C. The molecule has 4 rings (SSSR count). The number of carbonyl (C=O) groups is 1. The third-order valence-corrected chi connectivity index (χ3v) is 6.06. The van der Waals surface area contributed by atoms with Gasteiger partial charge in [0.05, 0.1) is 23.6 Å². The maximum atomic E-state index is 14.6. The van der Waals surface area contributed by atoms with Crippen molar-refractivity contribution >= 4 is 46.0 Å². The molecular weight excluding hydrogens is 448 g/mol. The lowest BCUT2D eigenvalue weighted by atomic mass is 9.96. The number of amides is 1. The van der Waals surface area contributed by atoms with E-state index in [9.17, 15) is 9.18 Å². The summed E-state index contributed by atoms with van der Waals surface area (Å²) in [6, 6.07) is -0.118. The lowest BCUT2D eigenvalue weighted by molar-refractivity contribution is -0.0261. The van der Waals surface area contributed by atoms with Crippen LogP contribution in [0.2, 0.25) is 10.4 Å². The average Bonchev–Trinajstić information content (AvgIpc) is 2.90. The van der Waals surface area contributed by atoms with Crippen LogP contribution in [0.4, 0.5) is 15.0 Å². The highest BCUT2D eigenvalue weighted by Crippen LogP contribution is 2.42.